The highest BCUT2D eigenvalue weighted by Gasteiger charge is 2.39. The standard InChI is InChI=1S/C28H30ClF3N4O3S/c1-16-9-17(29)10-21(20(16)11-18-5-4-7-27(2,3)39-18)24-25-22(33-15-34-24)12-19(40-25)13-36-23(37)6-8-35(26(36)38)14-28(30,31)32/h9-10,12,15,18H,4-8,11,13-14H2,1-3H3/t18-/m0/s1. The van der Waals surface area contributed by atoms with Crippen LogP contribution in [-0.2, 0) is 22.5 Å². The van der Waals surface area contributed by atoms with Gasteiger partial charge in [-0.2, -0.15) is 13.2 Å². The molecule has 3 amide bonds. The van der Waals surface area contributed by atoms with Crippen molar-refractivity contribution in [3.05, 3.63) is 45.6 Å². The predicted octanol–water partition coefficient (Wildman–Crippen LogP) is 6.93. The number of rotatable bonds is 6. The number of thiophene rings is 1. The molecular formula is C28H30ClF3N4O3S. The molecule has 0 spiro atoms. The van der Waals surface area contributed by atoms with Crippen LogP contribution in [0.4, 0.5) is 18.0 Å². The van der Waals surface area contributed by atoms with Crippen LogP contribution in [0.2, 0.25) is 5.02 Å². The molecule has 1 aromatic carbocycles. The van der Waals surface area contributed by atoms with E-state index in [4.69, 9.17) is 16.3 Å². The van der Waals surface area contributed by atoms with Crippen molar-refractivity contribution in [2.45, 2.75) is 77.3 Å². The molecule has 2 aliphatic rings. The Balaban J connectivity index is 1.47. The monoisotopic (exact) mass is 594 g/mol. The van der Waals surface area contributed by atoms with Crippen LogP contribution < -0.4 is 0 Å². The van der Waals surface area contributed by atoms with E-state index in [1.54, 1.807) is 6.07 Å². The number of alkyl halides is 3. The first kappa shape index (κ1) is 28.8. The Morgan fingerprint density at radius 3 is 2.70 bits per heavy atom. The number of aryl methyl sites for hydroxylation is 1. The zero-order valence-electron chi connectivity index (χ0n) is 22.5. The van der Waals surface area contributed by atoms with Crippen LogP contribution >= 0.6 is 22.9 Å². The molecule has 5 rings (SSSR count). The summed E-state index contributed by atoms with van der Waals surface area (Å²) in [6.07, 6.45) is 0.535. The summed E-state index contributed by atoms with van der Waals surface area (Å²) in [7, 11) is 0. The van der Waals surface area contributed by atoms with Gasteiger partial charge in [0.1, 0.15) is 12.9 Å². The maximum atomic E-state index is 13.0. The van der Waals surface area contributed by atoms with Gasteiger partial charge in [-0.25, -0.2) is 14.8 Å². The highest BCUT2D eigenvalue weighted by atomic mass is 35.5. The van der Waals surface area contributed by atoms with Gasteiger partial charge in [-0.1, -0.05) is 11.6 Å². The number of aromatic nitrogens is 2. The number of halogens is 4. The van der Waals surface area contributed by atoms with E-state index >= 15 is 0 Å². The third-order valence-corrected chi connectivity index (χ3v) is 8.69. The van der Waals surface area contributed by atoms with E-state index in [1.165, 1.54) is 17.7 Å². The Bertz CT molecular complexity index is 1460. The molecule has 2 saturated heterocycles. The quantitative estimate of drug-likeness (QED) is 0.309. The molecule has 0 unspecified atom stereocenters. The second-order valence-corrected chi connectivity index (χ2v) is 12.6. The minimum Gasteiger partial charge on any atom is -0.372 e. The Hall–Kier alpha value is -2.76. The van der Waals surface area contributed by atoms with Crippen LogP contribution in [0, 0.1) is 6.92 Å². The number of carbonyl (C=O) groups is 2. The number of ether oxygens (including phenoxy) is 1. The molecule has 12 heteroatoms. The first-order valence-electron chi connectivity index (χ1n) is 13.2. The fourth-order valence-electron chi connectivity index (χ4n) is 5.54. The molecule has 2 aliphatic heterocycles. The van der Waals surface area contributed by atoms with E-state index < -0.39 is 24.7 Å². The highest BCUT2D eigenvalue weighted by Crippen LogP contribution is 2.39. The normalized spacial score (nSPS) is 20.0. The number of hydrogen-bond donors (Lipinski definition) is 0. The third-order valence-electron chi connectivity index (χ3n) is 7.36. The average molecular weight is 595 g/mol. The highest BCUT2D eigenvalue weighted by molar-refractivity contribution is 7.19. The van der Waals surface area contributed by atoms with Crippen LogP contribution in [0.25, 0.3) is 21.5 Å². The van der Waals surface area contributed by atoms with Crippen LogP contribution in [-0.4, -0.2) is 62.7 Å². The van der Waals surface area contributed by atoms with Crippen molar-refractivity contribution >= 4 is 45.1 Å². The molecule has 2 fully saturated rings. The zero-order chi connectivity index (χ0) is 28.8. The van der Waals surface area contributed by atoms with Gasteiger partial charge in [0.2, 0.25) is 5.91 Å². The number of urea groups is 1. The van der Waals surface area contributed by atoms with Gasteiger partial charge < -0.3 is 9.64 Å². The minimum absolute atomic E-state index is 0.0503. The van der Waals surface area contributed by atoms with Gasteiger partial charge in [0, 0.05) is 28.4 Å². The van der Waals surface area contributed by atoms with E-state index in [-0.39, 0.29) is 31.2 Å². The lowest BCUT2D eigenvalue weighted by Gasteiger charge is -2.36. The van der Waals surface area contributed by atoms with Gasteiger partial charge in [-0.3, -0.25) is 9.69 Å². The Labute approximate surface area is 239 Å². The van der Waals surface area contributed by atoms with Crippen molar-refractivity contribution in [2.75, 3.05) is 13.1 Å². The molecule has 3 aromatic rings. The molecule has 0 radical (unpaired) electrons. The minimum atomic E-state index is -4.55. The largest absolute Gasteiger partial charge is 0.406 e. The van der Waals surface area contributed by atoms with E-state index in [2.05, 4.69) is 23.8 Å². The van der Waals surface area contributed by atoms with Crippen LogP contribution in [0.15, 0.2) is 24.5 Å². The molecular weight excluding hydrogens is 565 g/mol. The first-order valence-corrected chi connectivity index (χ1v) is 14.4. The van der Waals surface area contributed by atoms with Crippen molar-refractivity contribution in [3.63, 3.8) is 0 Å². The lowest BCUT2D eigenvalue weighted by molar-refractivity contribution is -0.149. The number of fused-ring (bicyclic) bond motifs is 1. The topological polar surface area (TPSA) is 75.6 Å². The summed E-state index contributed by atoms with van der Waals surface area (Å²) in [5, 5.41) is 0.568. The van der Waals surface area contributed by atoms with Gasteiger partial charge in [0.05, 0.1) is 34.2 Å². The number of hydrogen-bond acceptors (Lipinski definition) is 6. The third kappa shape index (κ3) is 6.26. The average Bonchev–Trinajstić information content (AvgIpc) is 3.27. The second kappa shape index (κ2) is 10.9. The van der Waals surface area contributed by atoms with E-state index in [0.29, 0.717) is 32.4 Å². The number of nitrogens with zero attached hydrogens (tertiary/aromatic N) is 4. The molecule has 40 heavy (non-hydrogen) atoms. The predicted molar refractivity (Wildman–Crippen MR) is 147 cm³/mol. The SMILES string of the molecule is Cc1cc(Cl)cc(-c2ncnc3cc(CN4C(=O)CCN(CC(F)(F)F)C4=O)sc23)c1C[C@@H]1CCCC(C)(C)O1. The molecule has 1 atom stereocenters. The molecule has 7 nitrogen and oxygen atoms in total. The summed E-state index contributed by atoms with van der Waals surface area (Å²) in [5.41, 5.74) is 4.06. The molecule has 214 valence electrons. The smallest absolute Gasteiger partial charge is 0.372 e. The van der Waals surface area contributed by atoms with E-state index in [9.17, 15) is 22.8 Å². The van der Waals surface area contributed by atoms with Gasteiger partial charge in [-0.15, -0.1) is 11.3 Å². The summed E-state index contributed by atoms with van der Waals surface area (Å²) in [5.74, 6) is -0.504. The number of amides is 3. The molecule has 0 aliphatic carbocycles. The summed E-state index contributed by atoms with van der Waals surface area (Å²) >= 11 is 7.81. The van der Waals surface area contributed by atoms with E-state index in [0.717, 1.165) is 45.6 Å². The Morgan fingerprint density at radius 2 is 1.98 bits per heavy atom. The van der Waals surface area contributed by atoms with Gasteiger partial charge in [0.25, 0.3) is 0 Å². The second-order valence-electron chi connectivity index (χ2n) is 11.0. The zero-order valence-corrected chi connectivity index (χ0v) is 24.0. The van der Waals surface area contributed by atoms with Crippen molar-refractivity contribution in [1.29, 1.82) is 0 Å². The molecule has 0 N–H and O–H groups in total. The number of imide groups is 1. The van der Waals surface area contributed by atoms with Crippen molar-refractivity contribution in [1.82, 2.24) is 19.8 Å². The van der Waals surface area contributed by atoms with E-state index in [1.807, 2.05) is 19.1 Å². The summed E-state index contributed by atoms with van der Waals surface area (Å²) < 4.78 is 46.0. The fourth-order valence-corrected chi connectivity index (χ4v) is 6.91. The maximum absolute atomic E-state index is 13.0. The molecule has 0 saturated carbocycles. The van der Waals surface area contributed by atoms with Crippen molar-refractivity contribution in [3.8, 4) is 11.3 Å². The van der Waals surface area contributed by atoms with Crippen molar-refractivity contribution < 1.29 is 27.5 Å². The lowest BCUT2D eigenvalue weighted by atomic mass is 9.89. The molecule has 4 heterocycles. The fraction of sp³-hybridized carbons (Fsp3) is 0.500. The van der Waals surface area contributed by atoms with Crippen LogP contribution in [0.1, 0.15) is 55.5 Å². The Morgan fingerprint density at radius 1 is 1.20 bits per heavy atom. The Kier molecular flexibility index (Phi) is 7.84. The maximum Gasteiger partial charge on any atom is 0.406 e. The van der Waals surface area contributed by atoms with Crippen LogP contribution in [0.5, 0.6) is 0 Å². The number of carbonyl (C=O) groups excluding carboxylic acids is 2. The summed E-state index contributed by atoms with van der Waals surface area (Å²) in [6.45, 7) is 4.44. The van der Waals surface area contributed by atoms with Crippen LogP contribution in [0.3, 0.4) is 0 Å². The first-order chi connectivity index (χ1) is 18.8. The lowest BCUT2D eigenvalue weighted by Crippen LogP contribution is -2.53. The summed E-state index contributed by atoms with van der Waals surface area (Å²) in [6, 6.07) is 4.61. The van der Waals surface area contributed by atoms with Gasteiger partial charge in [0.15, 0.2) is 0 Å². The van der Waals surface area contributed by atoms with Crippen molar-refractivity contribution in [2.24, 2.45) is 0 Å². The molecule has 2 aromatic heterocycles. The molecule has 0 bridgehead atoms. The van der Waals surface area contributed by atoms with Gasteiger partial charge in [-0.05, 0) is 75.8 Å². The van der Waals surface area contributed by atoms with Gasteiger partial charge >= 0.3 is 12.2 Å². The summed E-state index contributed by atoms with van der Waals surface area (Å²) in [4.78, 5) is 36.4. The number of benzene rings is 1.